The molecule has 1 unspecified atom stereocenters. The zero-order chi connectivity index (χ0) is 25.2. The second-order valence-electron chi connectivity index (χ2n) is 10.3. The first-order chi connectivity index (χ1) is 16.6. The van der Waals surface area contributed by atoms with Crippen LogP contribution in [0.2, 0.25) is 10.0 Å². The molecular weight excluding hydrogens is 487 g/mol. The van der Waals surface area contributed by atoms with Crippen LogP contribution in [-0.4, -0.2) is 65.3 Å². The first-order valence-electron chi connectivity index (χ1n) is 12.3. The highest BCUT2D eigenvalue weighted by molar-refractivity contribution is 6.32. The minimum atomic E-state index is -0.920. The van der Waals surface area contributed by atoms with E-state index in [0.29, 0.717) is 29.4 Å². The molecule has 6 nitrogen and oxygen atoms in total. The van der Waals surface area contributed by atoms with Crippen molar-refractivity contribution in [2.24, 2.45) is 5.41 Å². The number of aromatic hydroxyl groups is 1. The Kier molecular flexibility index (Phi) is 7.86. The van der Waals surface area contributed by atoms with Crippen LogP contribution < -0.4 is 4.74 Å². The van der Waals surface area contributed by atoms with E-state index in [4.69, 9.17) is 27.9 Å². The van der Waals surface area contributed by atoms with Crippen LogP contribution >= 0.6 is 23.2 Å². The van der Waals surface area contributed by atoms with Gasteiger partial charge in [-0.3, -0.25) is 4.79 Å². The summed E-state index contributed by atoms with van der Waals surface area (Å²) in [5.74, 6) is 0.150. The van der Waals surface area contributed by atoms with E-state index in [1.807, 2.05) is 24.3 Å². The molecule has 2 aromatic carbocycles. The van der Waals surface area contributed by atoms with Gasteiger partial charge in [-0.25, -0.2) is 0 Å². The summed E-state index contributed by atoms with van der Waals surface area (Å²) in [6.45, 7) is 8.35. The molecule has 0 aromatic heterocycles. The van der Waals surface area contributed by atoms with Crippen molar-refractivity contribution in [1.82, 2.24) is 9.80 Å². The SMILES string of the molecule is CC1(C)CN(CCCOc2cc(O)c(Cl)cc2C(=O)N2CCCC2)CCC1(O)c1ccc(Cl)cc1. The lowest BCUT2D eigenvalue weighted by Gasteiger charge is -2.50. The number of amides is 1. The minimum absolute atomic E-state index is 0.0982. The van der Waals surface area contributed by atoms with Gasteiger partial charge >= 0.3 is 0 Å². The molecule has 4 rings (SSSR count). The highest BCUT2D eigenvalue weighted by atomic mass is 35.5. The number of carbonyl (C=O) groups is 1. The van der Waals surface area contributed by atoms with E-state index in [9.17, 15) is 15.0 Å². The number of aliphatic hydroxyl groups is 1. The Labute approximate surface area is 217 Å². The maximum absolute atomic E-state index is 12.9. The Morgan fingerprint density at radius 2 is 1.77 bits per heavy atom. The van der Waals surface area contributed by atoms with E-state index in [1.165, 1.54) is 12.1 Å². The largest absolute Gasteiger partial charge is 0.506 e. The Hall–Kier alpha value is -1.99. The van der Waals surface area contributed by atoms with Crippen LogP contribution in [0, 0.1) is 5.41 Å². The second-order valence-corrected chi connectivity index (χ2v) is 11.1. The number of likely N-dealkylation sites (tertiary alicyclic amines) is 2. The lowest BCUT2D eigenvalue weighted by Crippen LogP contribution is -2.55. The maximum Gasteiger partial charge on any atom is 0.257 e. The maximum atomic E-state index is 12.9. The van der Waals surface area contributed by atoms with Crippen molar-refractivity contribution in [3.05, 3.63) is 57.6 Å². The molecule has 0 saturated carbocycles. The number of hydrogen-bond donors (Lipinski definition) is 2. The Bertz CT molecular complexity index is 1050. The molecule has 35 heavy (non-hydrogen) atoms. The molecule has 2 N–H and O–H groups in total. The predicted octanol–water partition coefficient (Wildman–Crippen LogP) is 5.32. The molecule has 190 valence electrons. The molecule has 2 aliphatic rings. The van der Waals surface area contributed by atoms with Gasteiger partial charge in [-0.1, -0.05) is 49.2 Å². The van der Waals surface area contributed by atoms with Crippen LogP contribution in [0.4, 0.5) is 0 Å². The number of benzene rings is 2. The summed E-state index contributed by atoms with van der Waals surface area (Å²) in [7, 11) is 0. The van der Waals surface area contributed by atoms with Crippen molar-refractivity contribution in [1.29, 1.82) is 0 Å². The summed E-state index contributed by atoms with van der Waals surface area (Å²) in [5.41, 5.74) is 0.0162. The van der Waals surface area contributed by atoms with Crippen molar-refractivity contribution in [2.75, 3.05) is 39.3 Å². The fraction of sp³-hybridized carbons (Fsp3) is 0.519. The molecule has 8 heteroatoms. The van der Waals surface area contributed by atoms with E-state index in [1.54, 1.807) is 4.90 Å². The number of carbonyl (C=O) groups excluding carboxylic acids is 1. The summed E-state index contributed by atoms with van der Waals surface area (Å²) in [6, 6.07) is 10.4. The molecular formula is C27H34Cl2N2O4. The molecule has 2 heterocycles. The van der Waals surface area contributed by atoms with Crippen molar-refractivity contribution < 1.29 is 19.7 Å². The zero-order valence-corrected chi connectivity index (χ0v) is 21.9. The normalized spacial score (nSPS) is 22.4. The number of hydrogen-bond acceptors (Lipinski definition) is 5. The molecule has 2 aliphatic heterocycles. The van der Waals surface area contributed by atoms with Gasteiger partial charge in [-0.2, -0.15) is 0 Å². The van der Waals surface area contributed by atoms with Gasteiger partial charge in [0.1, 0.15) is 11.5 Å². The monoisotopic (exact) mass is 520 g/mol. The quantitative estimate of drug-likeness (QED) is 0.483. The van der Waals surface area contributed by atoms with Crippen LogP contribution in [0.5, 0.6) is 11.5 Å². The summed E-state index contributed by atoms with van der Waals surface area (Å²) in [5, 5.41) is 22.4. The molecule has 0 aliphatic carbocycles. The van der Waals surface area contributed by atoms with E-state index in [2.05, 4.69) is 18.7 Å². The van der Waals surface area contributed by atoms with Gasteiger partial charge in [-0.05, 0) is 49.4 Å². The minimum Gasteiger partial charge on any atom is -0.506 e. The van der Waals surface area contributed by atoms with Gasteiger partial charge in [0.15, 0.2) is 0 Å². The number of rotatable bonds is 7. The number of piperidine rings is 1. The van der Waals surface area contributed by atoms with Crippen molar-refractivity contribution in [3.63, 3.8) is 0 Å². The zero-order valence-electron chi connectivity index (χ0n) is 20.4. The van der Waals surface area contributed by atoms with Gasteiger partial charge in [0.2, 0.25) is 0 Å². The molecule has 0 radical (unpaired) electrons. The fourth-order valence-electron chi connectivity index (χ4n) is 5.27. The topological polar surface area (TPSA) is 73.2 Å². The second kappa shape index (κ2) is 10.6. The van der Waals surface area contributed by atoms with E-state index >= 15 is 0 Å². The van der Waals surface area contributed by atoms with E-state index in [-0.39, 0.29) is 22.1 Å². The summed E-state index contributed by atoms with van der Waals surface area (Å²) >= 11 is 12.1. The van der Waals surface area contributed by atoms with Gasteiger partial charge in [0.25, 0.3) is 5.91 Å². The highest BCUT2D eigenvalue weighted by Crippen LogP contribution is 2.46. The highest BCUT2D eigenvalue weighted by Gasteiger charge is 2.48. The average molecular weight is 521 g/mol. The fourth-order valence-corrected chi connectivity index (χ4v) is 5.56. The third-order valence-electron chi connectivity index (χ3n) is 7.40. The van der Waals surface area contributed by atoms with E-state index in [0.717, 1.165) is 57.5 Å². The lowest BCUT2D eigenvalue weighted by molar-refractivity contribution is -0.125. The van der Waals surface area contributed by atoms with Gasteiger partial charge < -0.3 is 24.7 Å². The summed E-state index contributed by atoms with van der Waals surface area (Å²) in [4.78, 5) is 17.1. The average Bonchev–Trinajstić information content (AvgIpc) is 3.36. The van der Waals surface area contributed by atoms with Gasteiger partial charge in [-0.15, -0.1) is 0 Å². The summed E-state index contributed by atoms with van der Waals surface area (Å²) < 4.78 is 5.96. The third-order valence-corrected chi connectivity index (χ3v) is 7.95. The molecule has 2 saturated heterocycles. The van der Waals surface area contributed by atoms with Crippen LogP contribution in [0.1, 0.15) is 55.5 Å². The van der Waals surface area contributed by atoms with Crippen molar-refractivity contribution in [3.8, 4) is 11.5 Å². The Balaban J connectivity index is 1.35. The predicted molar refractivity (Wildman–Crippen MR) is 139 cm³/mol. The Morgan fingerprint density at radius 3 is 2.43 bits per heavy atom. The number of phenols is 1. The molecule has 1 amide bonds. The van der Waals surface area contributed by atoms with Crippen LogP contribution in [-0.2, 0) is 5.60 Å². The molecule has 0 spiro atoms. The molecule has 2 fully saturated rings. The first kappa shape index (κ1) is 26.1. The number of phenolic OH excluding ortho intramolecular Hbond substituents is 1. The van der Waals surface area contributed by atoms with Gasteiger partial charge in [0, 0.05) is 49.2 Å². The van der Waals surface area contributed by atoms with E-state index < -0.39 is 5.60 Å². The van der Waals surface area contributed by atoms with Crippen LogP contribution in [0.3, 0.4) is 0 Å². The van der Waals surface area contributed by atoms with Crippen LogP contribution in [0.15, 0.2) is 36.4 Å². The molecule has 2 aromatic rings. The smallest absolute Gasteiger partial charge is 0.257 e. The number of halogens is 2. The first-order valence-corrected chi connectivity index (χ1v) is 13.0. The van der Waals surface area contributed by atoms with Crippen LogP contribution in [0.25, 0.3) is 0 Å². The number of ether oxygens (including phenoxy) is 1. The molecule has 1 atom stereocenters. The third kappa shape index (κ3) is 5.56. The Morgan fingerprint density at radius 1 is 1.09 bits per heavy atom. The van der Waals surface area contributed by atoms with Gasteiger partial charge in [0.05, 0.1) is 22.8 Å². The standard InChI is InChI=1S/C27H34Cl2N2O4/c1-26(2)18-30(14-10-27(26,34)19-6-8-20(28)9-7-19)11-5-15-35-24-17-23(32)22(29)16-21(24)25(33)31-12-3-4-13-31/h6-9,16-17,32,34H,3-5,10-15,18H2,1-2H3. The van der Waals surface area contributed by atoms with Crippen molar-refractivity contribution in [2.45, 2.75) is 45.1 Å². The lowest BCUT2D eigenvalue weighted by atomic mass is 9.66. The molecule has 0 bridgehead atoms. The number of nitrogens with zero attached hydrogens (tertiary/aromatic N) is 2. The van der Waals surface area contributed by atoms with Crippen molar-refractivity contribution >= 4 is 29.1 Å². The summed E-state index contributed by atoms with van der Waals surface area (Å²) in [6.07, 6.45) is 3.36.